The maximum Gasteiger partial charge on any atom is 0.303 e. The first-order chi connectivity index (χ1) is 10.0. The quantitative estimate of drug-likeness (QED) is 0.784. The van der Waals surface area contributed by atoms with Crippen molar-refractivity contribution in [3.63, 3.8) is 0 Å². The maximum atomic E-state index is 12.1. The van der Waals surface area contributed by atoms with Crippen LogP contribution in [0.2, 0.25) is 5.02 Å². The molecule has 0 aliphatic rings. The van der Waals surface area contributed by atoms with Crippen LogP contribution in [0, 0.1) is 0 Å². The van der Waals surface area contributed by atoms with E-state index in [1.165, 1.54) is 24.3 Å². The van der Waals surface area contributed by atoms with Crippen LogP contribution in [-0.4, -0.2) is 36.7 Å². The summed E-state index contributed by atoms with van der Waals surface area (Å²) in [5, 5.41) is 11.6. The standard InChI is InChI=1S/C14H18ClNO5S/c1-14(2,8-7-13(18)19)16-12(17)9-22(20,21)11-5-3-10(15)4-6-11/h3-6H,7-9H2,1-2H3,(H,16,17)(H,18,19). The lowest BCUT2D eigenvalue weighted by atomic mass is 9.98. The van der Waals surface area contributed by atoms with Crippen molar-refractivity contribution >= 4 is 33.3 Å². The molecule has 0 fully saturated rings. The van der Waals surface area contributed by atoms with Crippen LogP contribution in [-0.2, 0) is 19.4 Å². The molecule has 0 radical (unpaired) electrons. The smallest absolute Gasteiger partial charge is 0.303 e. The van der Waals surface area contributed by atoms with Crippen LogP contribution >= 0.6 is 11.6 Å². The molecule has 0 saturated carbocycles. The Morgan fingerprint density at radius 2 is 1.77 bits per heavy atom. The molecule has 1 aromatic rings. The van der Waals surface area contributed by atoms with E-state index in [9.17, 15) is 18.0 Å². The molecule has 0 aromatic heterocycles. The highest BCUT2D eigenvalue weighted by Gasteiger charge is 2.25. The molecule has 22 heavy (non-hydrogen) atoms. The van der Waals surface area contributed by atoms with Gasteiger partial charge in [0, 0.05) is 17.0 Å². The summed E-state index contributed by atoms with van der Waals surface area (Å²) in [6.45, 7) is 3.28. The molecular weight excluding hydrogens is 330 g/mol. The van der Waals surface area contributed by atoms with E-state index >= 15 is 0 Å². The SMILES string of the molecule is CC(C)(CCC(=O)O)NC(=O)CS(=O)(=O)c1ccc(Cl)cc1. The lowest BCUT2D eigenvalue weighted by molar-refractivity contribution is -0.137. The van der Waals surface area contributed by atoms with E-state index in [2.05, 4.69) is 5.32 Å². The topological polar surface area (TPSA) is 101 Å². The highest BCUT2D eigenvalue weighted by atomic mass is 35.5. The van der Waals surface area contributed by atoms with Gasteiger partial charge in [-0.2, -0.15) is 0 Å². The number of carbonyl (C=O) groups excluding carboxylic acids is 1. The number of sulfone groups is 1. The second kappa shape index (κ2) is 7.11. The van der Waals surface area contributed by atoms with Crippen LogP contribution in [0.4, 0.5) is 0 Å². The van der Waals surface area contributed by atoms with Gasteiger partial charge in [-0.1, -0.05) is 11.6 Å². The molecule has 1 aromatic carbocycles. The van der Waals surface area contributed by atoms with Crippen molar-refractivity contribution in [1.29, 1.82) is 0 Å². The fraction of sp³-hybridized carbons (Fsp3) is 0.429. The summed E-state index contributed by atoms with van der Waals surface area (Å²) in [7, 11) is -3.77. The number of hydrogen-bond acceptors (Lipinski definition) is 4. The normalized spacial score (nSPS) is 12.0. The lowest BCUT2D eigenvalue weighted by Gasteiger charge is -2.25. The van der Waals surface area contributed by atoms with Crippen LogP contribution in [0.5, 0.6) is 0 Å². The number of carboxylic acids is 1. The van der Waals surface area contributed by atoms with Crippen LogP contribution < -0.4 is 5.32 Å². The van der Waals surface area contributed by atoms with Crippen LogP contribution in [0.3, 0.4) is 0 Å². The largest absolute Gasteiger partial charge is 0.481 e. The van der Waals surface area contributed by atoms with Gasteiger partial charge in [-0.15, -0.1) is 0 Å². The second-order valence-corrected chi connectivity index (χ2v) is 7.96. The van der Waals surface area contributed by atoms with E-state index in [0.717, 1.165) is 0 Å². The van der Waals surface area contributed by atoms with Gasteiger partial charge >= 0.3 is 5.97 Å². The summed E-state index contributed by atoms with van der Waals surface area (Å²) in [5.41, 5.74) is -0.801. The van der Waals surface area contributed by atoms with E-state index in [4.69, 9.17) is 16.7 Å². The van der Waals surface area contributed by atoms with E-state index < -0.39 is 33.0 Å². The summed E-state index contributed by atoms with van der Waals surface area (Å²) >= 11 is 5.69. The van der Waals surface area contributed by atoms with Gasteiger partial charge in [0.25, 0.3) is 0 Å². The molecule has 0 aliphatic heterocycles. The van der Waals surface area contributed by atoms with Gasteiger partial charge in [0.2, 0.25) is 5.91 Å². The third-order valence-electron chi connectivity index (χ3n) is 2.94. The predicted molar refractivity (Wildman–Crippen MR) is 82.6 cm³/mol. The number of halogens is 1. The number of carbonyl (C=O) groups is 2. The van der Waals surface area contributed by atoms with E-state index in [-0.39, 0.29) is 17.7 Å². The van der Waals surface area contributed by atoms with Gasteiger partial charge in [0.15, 0.2) is 9.84 Å². The van der Waals surface area contributed by atoms with Gasteiger partial charge in [-0.25, -0.2) is 8.42 Å². The van der Waals surface area contributed by atoms with Crippen LogP contribution in [0.15, 0.2) is 29.2 Å². The minimum atomic E-state index is -3.77. The van der Waals surface area contributed by atoms with Crippen molar-refractivity contribution < 1.29 is 23.1 Å². The van der Waals surface area contributed by atoms with Crippen LogP contribution in [0.1, 0.15) is 26.7 Å². The molecule has 0 atom stereocenters. The van der Waals surface area contributed by atoms with Crippen molar-refractivity contribution in [3.8, 4) is 0 Å². The van der Waals surface area contributed by atoms with E-state index in [0.29, 0.717) is 5.02 Å². The molecule has 8 heteroatoms. The third kappa shape index (κ3) is 6.03. The Morgan fingerprint density at radius 1 is 1.23 bits per heavy atom. The Kier molecular flexibility index (Phi) is 5.96. The van der Waals surface area contributed by atoms with Gasteiger partial charge in [0.1, 0.15) is 5.75 Å². The highest BCUT2D eigenvalue weighted by molar-refractivity contribution is 7.92. The number of benzene rings is 1. The number of amides is 1. The molecule has 0 aliphatic carbocycles. The van der Waals surface area contributed by atoms with Gasteiger partial charge < -0.3 is 10.4 Å². The number of carboxylic acid groups (broad SMARTS) is 1. The van der Waals surface area contributed by atoms with Gasteiger partial charge in [-0.3, -0.25) is 9.59 Å². The minimum Gasteiger partial charge on any atom is -0.481 e. The maximum absolute atomic E-state index is 12.1. The van der Waals surface area contributed by atoms with Crippen LogP contribution in [0.25, 0.3) is 0 Å². The number of aliphatic carboxylic acids is 1. The van der Waals surface area contributed by atoms with Crippen molar-refractivity contribution in [2.45, 2.75) is 37.1 Å². The average molecular weight is 348 g/mol. The van der Waals surface area contributed by atoms with Crippen molar-refractivity contribution in [2.24, 2.45) is 0 Å². The predicted octanol–water partition coefficient (Wildman–Crippen LogP) is 1.87. The summed E-state index contributed by atoms with van der Waals surface area (Å²) in [5.74, 6) is -2.35. The average Bonchev–Trinajstić information content (AvgIpc) is 2.35. The van der Waals surface area contributed by atoms with Gasteiger partial charge in [0.05, 0.1) is 4.90 Å². The zero-order chi connectivity index (χ0) is 17.0. The molecule has 0 saturated heterocycles. The fourth-order valence-electron chi connectivity index (χ4n) is 1.79. The number of hydrogen-bond donors (Lipinski definition) is 2. The number of nitrogens with one attached hydrogen (secondary N) is 1. The first kappa shape index (κ1) is 18.4. The Labute approximate surface area is 134 Å². The molecule has 0 spiro atoms. The summed E-state index contributed by atoms with van der Waals surface area (Å²) in [6.07, 6.45) is 0.0896. The first-order valence-corrected chi connectivity index (χ1v) is 8.56. The molecule has 1 rings (SSSR count). The Morgan fingerprint density at radius 3 is 2.27 bits per heavy atom. The Balaban J connectivity index is 2.71. The Bertz CT molecular complexity index is 652. The summed E-state index contributed by atoms with van der Waals surface area (Å²) < 4.78 is 24.2. The van der Waals surface area contributed by atoms with Crippen molar-refractivity contribution in [2.75, 3.05) is 5.75 Å². The minimum absolute atomic E-state index is 0.00962. The summed E-state index contributed by atoms with van der Waals surface area (Å²) in [6, 6.07) is 5.54. The second-order valence-electron chi connectivity index (χ2n) is 5.54. The summed E-state index contributed by atoms with van der Waals surface area (Å²) in [4.78, 5) is 22.5. The molecule has 6 nitrogen and oxygen atoms in total. The van der Waals surface area contributed by atoms with Crippen molar-refractivity contribution in [1.82, 2.24) is 5.32 Å². The first-order valence-electron chi connectivity index (χ1n) is 6.53. The molecule has 2 N–H and O–H groups in total. The molecule has 122 valence electrons. The molecule has 1 amide bonds. The lowest BCUT2D eigenvalue weighted by Crippen LogP contribution is -2.46. The zero-order valence-electron chi connectivity index (χ0n) is 12.3. The van der Waals surface area contributed by atoms with Gasteiger partial charge in [-0.05, 0) is 44.5 Å². The molecule has 0 heterocycles. The molecular formula is C14H18ClNO5S. The van der Waals surface area contributed by atoms with E-state index in [1.807, 2.05) is 0 Å². The molecule has 0 bridgehead atoms. The van der Waals surface area contributed by atoms with E-state index in [1.54, 1.807) is 13.8 Å². The highest BCUT2D eigenvalue weighted by Crippen LogP contribution is 2.16. The fourth-order valence-corrected chi connectivity index (χ4v) is 3.05. The zero-order valence-corrected chi connectivity index (χ0v) is 13.9. The third-order valence-corrected chi connectivity index (χ3v) is 4.82. The van der Waals surface area contributed by atoms with Crippen molar-refractivity contribution in [3.05, 3.63) is 29.3 Å². The number of rotatable bonds is 7. The Hall–Kier alpha value is -1.60. The monoisotopic (exact) mass is 347 g/mol. The molecule has 0 unspecified atom stereocenters.